The van der Waals surface area contributed by atoms with Gasteiger partial charge in [-0.2, -0.15) is 13.2 Å². The van der Waals surface area contributed by atoms with Crippen LogP contribution in [0, 0.1) is 0 Å². The topological polar surface area (TPSA) is 29.1 Å². The number of halogens is 3. The first-order chi connectivity index (χ1) is 5.52. The molecule has 0 spiro atoms. The van der Waals surface area contributed by atoms with Crippen LogP contribution in [0.3, 0.4) is 0 Å². The fourth-order valence-electron chi connectivity index (χ4n) is 1.27. The average Bonchev–Trinajstić information content (AvgIpc) is 2.03. The van der Waals surface area contributed by atoms with Crippen LogP contribution in [0.4, 0.5) is 13.2 Å². The molecule has 0 aromatic heterocycles. The molecule has 0 bridgehead atoms. The molecule has 1 N–H and O–H groups in total. The van der Waals surface area contributed by atoms with Gasteiger partial charge < -0.3 is 5.32 Å². The van der Waals surface area contributed by atoms with Gasteiger partial charge in [-0.15, -0.1) is 0 Å². The summed E-state index contributed by atoms with van der Waals surface area (Å²) in [5.74, 6) is -1.64. The van der Waals surface area contributed by atoms with E-state index in [2.05, 4.69) is 5.32 Å². The van der Waals surface area contributed by atoms with Gasteiger partial charge in [-0.1, -0.05) is 6.42 Å². The lowest BCUT2D eigenvalue weighted by molar-refractivity contribution is -0.173. The highest BCUT2D eigenvalue weighted by molar-refractivity contribution is 5.89. The third kappa shape index (κ3) is 2.20. The quantitative estimate of drug-likeness (QED) is 0.659. The molecule has 1 unspecified atom stereocenters. The lowest BCUT2D eigenvalue weighted by Crippen LogP contribution is -2.46. The minimum atomic E-state index is -4.69. The summed E-state index contributed by atoms with van der Waals surface area (Å²) in [5.41, 5.74) is 0. The van der Waals surface area contributed by atoms with Gasteiger partial charge in [0.1, 0.15) is 0 Å². The Morgan fingerprint density at radius 3 is 2.42 bits per heavy atom. The first-order valence-corrected chi connectivity index (χ1v) is 3.86. The van der Waals surface area contributed by atoms with Gasteiger partial charge in [0.05, 0.1) is 6.04 Å². The maximum absolute atomic E-state index is 11.8. The lowest BCUT2D eigenvalue weighted by atomic mass is 10.0. The van der Waals surface area contributed by atoms with Crippen molar-refractivity contribution < 1.29 is 18.0 Å². The SMILES string of the molecule is O=C(C1CCCCN1)C(F)(F)F. The zero-order valence-electron chi connectivity index (χ0n) is 6.45. The highest BCUT2D eigenvalue weighted by Gasteiger charge is 2.43. The Balaban J connectivity index is 2.51. The maximum atomic E-state index is 11.8. The van der Waals surface area contributed by atoms with Crippen molar-refractivity contribution in [1.29, 1.82) is 0 Å². The summed E-state index contributed by atoms with van der Waals surface area (Å²) in [6, 6.07) is -1.00. The second kappa shape index (κ2) is 3.43. The number of hydrogen-bond donors (Lipinski definition) is 1. The molecular formula is C7H10F3NO. The summed E-state index contributed by atoms with van der Waals surface area (Å²) in [4.78, 5) is 10.6. The van der Waals surface area contributed by atoms with E-state index >= 15 is 0 Å². The number of ketones is 1. The van der Waals surface area contributed by atoms with E-state index in [-0.39, 0.29) is 0 Å². The summed E-state index contributed by atoms with van der Waals surface area (Å²) >= 11 is 0. The molecule has 2 nitrogen and oxygen atoms in total. The molecule has 1 aliphatic heterocycles. The summed E-state index contributed by atoms with van der Waals surface area (Å²) in [6.07, 6.45) is -2.84. The Labute approximate surface area is 68.1 Å². The molecule has 12 heavy (non-hydrogen) atoms. The van der Waals surface area contributed by atoms with E-state index < -0.39 is 18.0 Å². The van der Waals surface area contributed by atoms with Crippen LogP contribution < -0.4 is 5.32 Å². The van der Waals surface area contributed by atoms with Crippen molar-refractivity contribution in [2.24, 2.45) is 0 Å². The fourth-order valence-corrected chi connectivity index (χ4v) is 1.27. The van der Waals surface area contributed by atoms with Crippen LogP contribution in [0.25, 0.3) is 0 Å². The predicted octanol–water partition coefficient (Wildman–Crippen LogP) is 1.26. The third-order valence-corrected chi connectivity index (χ3v) is 1.91. The molecule has 1 rings (SSSR count). The van der Waals surface area contributed by atoms with Crippen molar-refractivity contribution in [3.63, 3.8) is 0 Å². The van der Waals surface area contributed by atoms with Gasteiger partial charge in [-0.3, -0.25) is 4.79 Å². The largest absolute Gasteiger partial charge is 0.451 e. The second-order valence-electron chi connectivity index (χ2n) is 2.86. The zero-order chi connectivity index (χ0) is 9.19. The Hall–Kier alpha value is -0.580. The molecule has 70 valence electrons. The molecule has 1 fully saturated rings. The van der Waals surface area contributed by atoms with Gasteiger partial charge >= 0.3 is 6.18 Å². The first kappa shape index (κ1) is 9.51. The molecule has 0 radical (unpaired) electrons. The van der Waals surface area contributed by atoms with E-state index in [4.69, 9.17) is 0 Å². The molecule has 0 aromatic carbocycles. The monoisotopic (exact) mass is 181 g/mol. The minimum Gasteiger partial charge on any atom is -0.307 e. The molecule has 1 saturated heterocycles. The summed E-state index contributed by atoms with van der Waals surface area (Å²) in [7, 11) is 0. The fraction of sp³-hybridized carbons (Fsp3) is 0.857. The summed E-state index contributed by atoms with van der Waals surface area (Å²) in [6.45, 7) is 0.506. The van der Waals surface area contributed by atoms with Gasteiger partial charge in [-0.05, 0) is 19.4 Å². The number of alkyl halides is 3. The number of Topliss-reactive ketones (excluding diaryl/α,β-unsaturated/α-hetero) is 1. The smallest absolute Gasteiger partial charge is 0.307 e. The van der Waals surface area contributed by atoms with Gasteiger partial charge in [-0.25, -0.2) is 0 Å². The highest BCUT2D eigenvalue weighted by atomic mass is 19.4. The van der Waals surface area contributed by atoms with Crippen LogP contribution in [0.5, 0.6) is 0 Å². The first-order valence-electron chi connectivity index (χ1n) is 3.86. The van der Waals surface area contributed by atoms with Crippen molar-refractivity contribution in [3.05, 3.63) is 0 Å². The highest BCUT2D eigenvalue weighted by Crippen LogP contribution is 2.21. The van der Waals surface area contributed by atoms with Crippen molar-refractivity contribution >= 4 is 5.78 Å². The number of rotatable bonds is 1. The number of hydrogen-bond acceptors (Lipinski definition) is 2. The van der Waals surface area contributed by atoms with Gasteiger partial charge in [0.2, 0.25) is 0 Å². The molecule has 1 aliphatic rings. The molecule has 0 saturated carbocycles. The Morgan fingerprint density at radius 1 is 1.33 bits per heavy atom. The van der Waals surface area contributed by atoms with Gasteiger partial charge in [0.25, 0.3) is 5.78 Å². The normalized spacial score (nSPS) is 25.4. The molecule has 0 aromatic rings. The maximum Gasteiger partial charge on any atom is 0.451 e. The predicted molar refractivity (Wildman–Crippen MR) is 36.7 cm³/mol. The van der Waals surface area contributed by atoms with Crippen LogP contribution in [-0.2, 0) is 4.79 Å². The van der Waals surface area contributed by atoms with Crippen LogP contribution in [0.1, 0.15) is 19.3 Å². The number of piperidine rings is 1. The van der Waals surface area contributed by atoms with Gasteiger partial charge in [0, 0.05) is 0 Å². The molecule has 5 heteroatoms. The van der Waals surface area contributed by atoms with E-state index in [1.165, 1.54) is 0 Å². The Morgan fingerprint density at radius 2 is 2.00 bits per heavy atom. The molecule has 1 atom stereocenters. The zero-order valence-corrected chi connectivity index (χ0v) is 6.45. The number of carbonyl (C=O) groups is 1. The van der Waals surface area contributed by atoms with E-state index in [1.54, 1.807) is 0 Å². The van der Waals surface area contributed by atoms with Crippen molar-refractivity contribution in [2.75, 3.05) is 6.54 Å². The van der Waals surface area contributed by atoms with E-state index in [9.17, 15) is 18.0 Å². The lowest BCUT2D eigenvalue weighted by Gasteiger charge is -2.22. The Bertz CT molecular complexity index is 172. The van der Waals surface area contributed by atoms with Crippen molar-refractivity contribution in [1.82, 2.24) is 5.32 Å². The number of carbonyl (C=O) groups excluding carboxylic acids is 1. The number of nitrogens with one attached hydrogen (secondary N) is 1. The Kier molecular flexibility index (Phi) is 2.72. The van der Waals surface area contributed by atoms with Crippen molar-refractivity contribution in [3.8, 4) is 0 Å². The minimum absolute atomic E-state index is 0.304. The van der Waals surface area contributed by atoms with E-state index in [0.29, 0.717) is 19.4 Å². The van der Waals surface area contributed by atoms with Crippen LogP contribution in [0.15, 0.2) is 0 Å². The molecule has 0 amide bonds. The van der Waals surface area contributed by atoms with E-state index in [0.717, 1.165) is 6.42 Å². The second-order valence-corrected chi connectivity index (χ2v) is 2.86. The van der Waals surface area contributed by atoms with Crippen LogP contribution in [0.2, 0.25) is 0 Å². The molecule has 0 aliphatic carbocycles. The van der Waals surface area contributed by atoms with E-state index in [1.807, 2.05) is 0 Å². The molecule has 1 heterocycles. The molecular weight excluding hydrogens is 171 g/mol. The van der Waals surface area contributed by atoms with Gasteiger partial charge in [0.15, 0.2) is 0 Å². The van der Waals surface area contributed by atoms with Crippen LogP contribution >= 0.6 is 0 Å². The summed E-state index contributed by atoms with van der Waals surface area (Å²) < 4.78 is 35.5. The average molecular weight is 181 g/mol. The third-order valence-electron chi connectivity index (χ3n) is 1.91. The van der Waals surface area contributed by atoms with Crippen LogP contribution in [-0.4, -0.2) is 24.5 Å². The van der Waals surface area contributed by atoms with Crippen molar-refractivity contribution in [2.45, 2.75) is 31.5 Å². The standard InChI is InChI=1S/C7H10F3NO/c8-7(9,10)6(12)5-3-1-2-4-11-5/h5,11H,1-4H2. The summed E-state index contributed by atoms with van der Waals surface area (Å²) in [5, 5.41) is 2.56.